The SMILES string of the molecule is COc1ccc2c(c1OCc1ccccc1)C[C@@H](C(=O)[O-])N(C(=O)C(c1ccccc1)c1ccccc1)C2.[K+]. The van der Waals surface area contributed by atoms with E-state index in [1.807, 2.05) is 97.1 Å². The topological polar surface area (TPSA) is 78.9 Å². The Morgan fingerprint density at radius 2 is 1.44 bits per heavy atom. The second-order valence-corrected chi connectivity index (χ2v) is 9.27. The number of hydrogen-bond acceptors (Lipinski definition) is 5. The molecule has 0 aromatic heterocycles. The second-order valence-electron chi connectivity index (χ2n) is 9.27. The van der Waals surface area contributed by atoms with Crippen LogP contribution in [0, 0.1) is 0 Å². The van der Waals surface area contributed by atoms with Crippen LogP contribution in [0.2, 0.25) is 0 Å². The molecule has 192 valence electrons. The van der Waals surface area contributed by atoms with Crippen molar-refractivity contribution in [3.8, 4) is 11.5 Å². The normalized spacial score (nSPS) is 14.2. The van der Waals surface area contributed by atoms with E-state index >= 15 is 0 Å². The summed E-state index contributed by atoms with van der Waals surface area (Å²) in [6.45, 7) is 0.422. The van der Waals surface area contributed by atoms with E-state index in [-0.39, 0.29) is 70.3 Å². The summed E-state index contributed by atoms with van der Waals surface area (Å²) in [6, 6.07) is 31.1. The van der Waals surface area contributed by atoms with E-state index in [4.69, 9.17) is 9.47 Å². The molecule has 4 aromatic carbocycles. The maximum atomic E-state index is 14.1. The number of aliphatic carboxylic acids is 1. The van der Waals surface area contributed by atoms with E-state index in [1.165, 1.54) is 4.90 Å². The molecule has 0 unspecified atom stereocenters. The van der Waals surface area contributed by atoms with Gasteiger partial charge in [-0.15, -0.1) is 0 Å². The van der Waals surface area contributed by atoms with Crippen LogP contribution in [0.25, 0.3) is 0 Å². The van der Waals surface area contributed by atoms with Crippen molar-refractivity contribution in [3.63, 3.8) is 0 Å². The molecule has 1 heterocycles. The Balaban J connectivity index is 0.00000353. The minimum atomic E-state index is -1.30. The first kappa shape index (κ1) is 29.0. The summed E-state index contributed by atoms with van der Waals surface area (Å²) >= 11 is 0. The fraction of sp³-hybridized carbons (Fsp3) is 0.188. The number of fused-ring (bicyclic) bond motifs is 1. The minimum Gasteiger partial charge on any atom is -0.548 e. The van der Waals surface area contributed by atoms with Crippen LogP contribution in [-0.4, -0.2) is 29.9 Å². The van der Waals surface area contributed by atoms with E-state index in [1.54, 1.807) is 13.2 Å². The Morgan fingerprint density at radius 1 is 0.872 bits per heavy atom. The molecule has 1 amide bonds. The van der Waals surface area contributed by atoms with E-state index < -0.39 is 17.9 Å². The van der Waals surface area contributed by atoms with Crippen LogP contribution in [0.1, 0.15) is 33.7 Å². The molecule has 0 fully saturated rings. The van der Waals surface area contributed by atoms with Crippen molar-refractivity contribution in [2.24, 2.45) is 0 Å². The zero-order valence-electron chi connectivity index (χ0n) is 22.1. The molecular weight excluding hydrogens is 517 g/mol. The smallest absolute Gasteiger partial charge is 0.548 e. The molecule has 0 saturated carbocycles. The zero-order valence-corrected chi connectivity index (χ0v) is 25.2. The maximum Gasteiger partial charge on any atom is 1.00 e. The largest absolute Gasteiger partial charge is 1.00 e. The molecule has 6 nitrogen and oxygen atoms in total. The van der Waals surface area contributed by atoms with Gasteiger partial charge in [-0.2, -0.15) is 0 Å². The quantitative estimate of drug-likeness (QED) is 0.310. The van der Waals surface area contributed by atoms with Gasteiger partial charge in [0.05, 0.1) is 25.0 Å². The van der Waals surface area contributed by atoms with Crippen LogP contribution in [0.5, 0.6) is 11.5 Å². The number of carboxylic acids is 1. The van der Waals surface area contributed by atoms with Gasteiger partial charge in [0.1, 0.15) is 6.61 Å². The van der Waals surface area contributed by atoms with Crippen LogP contribution in [0.15, 0.2) is 103 Å². The fourth-order valence-electron chi connectivity index (χ4n) is 5.04. The molecule has 0 bridgehead atoms. The summed E-state index contributed by atoms with van der Waals surface area (Å²) in [7, 11) is 1.55. The number of carboxylic acid groups (broad SMARTS) is 1. The van der Waals surface area contributed by atoms with Gasteiger partial charge in [0, 0.05) is 18.5 Å². The predicted octanol–water partition coefficient (Wildman–Crippen LogP) is 1.11. The van der Waals surface area contributed by atoms with Crippen molar-refractivity contribution < 1.29 is 75.6 Å². The molecule has 39 heavy (non-hydrogen) atoms. The van der Waals surface area contributed by atoms with E-state index in [0.717, 1.165) is 27.8 Å². The van der Waals surface area contributed by atoms with Gasteiger partial charge < -0.3 is 24.3 Å². The van der Waals surface area contributed by atoms with Gasteiger partial charge in [0.2, 0.25) is 5.91 Å². The summed E-state index contributed by atoms with van der Waals surface area (Å²) in [5, 5.41) is 12.4. The van der Waals surface area contributed by atoms with Gasteiger partial charge in [-0.25, -0.2) is 0 Å². The van der Waals surface area contributed by atoms with Crippen molar-refractivity contribution in [1.82, 2.24) is 4.90 Å². The number of amides is 1. The van der Waals surface area contributed by atoms with Gasteiger partial charge in [-0.3, -0.25) is 4.79 Å². The van der Waals surface area contributed by atoms with Crippen molar-refractivity contribution in [2.45, 2.75) is 31.5 Å². The first-order chi connectivity index (χ1) is 18.6. The number of ether oxygens (including phenoxy) is 2. The minimum absolute atomic E-state index is 0. The molecule has 7 heteroatoms. The molecule has 0 aliphatic carbocycles. The number of carbonyl (C=O) groups excluding carboxylic acids is 2. The molecule has 0 saturated heterocycles. The number of nitrogens with zero attached hydrogens (tertiary/aromatic N) is 1. The Bertz CT molecular complexity index is 1370. The average Bonchev–Trinajstić information content (AvgIpc) is 2.96. The third-order valence-electron chi connectivity index (χ3n) is 6.95. The third kappa shape index (κ3) is 6.45. The fourth-order valence-corrected chi connectivity index (χ4v) is 5.04. The van der Waals surface area contributed by atoms with E-state index in [0.29, 0.717) is 18.1 Å². The molecule has 0 radical (unpaired) electrons. The van der Waals surface area contributed by atoms with Crippen molar-refractivity contribution in [3.05, 3.63) is 131 Å². The Morgan fingerprint density at radius 3 is 1.97 bits per heavy atom. The molecule has 1 aliphatic heterocycles. The van der Waals surface area contributed by atoms with Crippen LogP contribution < -0.4 is 66.0 Å². The van der Waals surface area contributed by atoms with Crippen LogP contribution in [-0.2, 0) is 29.2 Å². The van der Waals surface area contributed by atoms with Gasteiger partial charge in [0.25, 0.3) is 0 Å². The standard InChI is InChI=1S/C32H29NO5.K/c1-37-28-18-17-25-20-33(31(34)29(23-13-7-3-8-14-23)24-15-9-4-10-16-24)27(32(35)36)19-26(25)30(28)38-21-22-11-5-2-6-12-22;/h2-18,27,29H,19-21H2,1H3,(H,35,36);/q;+1/p-1/t27-;/m0./s1. The summed E-state index contributed by atoms with van der Waals surface area (Å²) in [5.74, 6) is -1.23. The van der Waals surface area contributed by atoms with Crippen LogP contribution >= 0.6 is 0 Å². The van der Waals surface area contributed by atoms with Gasteiger partial charge in [-0.05, 0) is 28.3 Å². The number of methoxy groups -OCH3 is 1. The first-order valence-electron chi connectivity index (χ1n) is 12.5. The van der Waals surface area contributed by atoms with Crippen LogP contribution in [0.3, 0.4) is 0 Å². The van der Waals surface area contributed by atoms with Crippen molar-refractivity contribution in [2.75, 3.05) is 7.11 Å². The second kappa shape index (κ2) is 13.4. The predicted molar refractivity (Wildman–Crippen MR) is 142 cm³/mol. The number of hydrogen-bond donors (Lipinski definition) is 0. The third-order valence-corrected chi connectivity index (χ3v) is 6.95. The molecular formula is C32H28KNO5. The molecule has 4 aromatic rings. The summed E-state index contributed by atoms with van der Waals surface area (Å²) in [6.07, 6.45) is 0.0566. The Labute approximate surface area is 271 Å². The van der Waals surface area contributed by atoms with Crippen LogP contribution in [0.4, 0.5) is 0 Å². The van der Waals surface area contributed by atoms with Crippen molar-refractivity contribution >= 4 is 11.9 Å². The first-order valence-corrected chi connectivity index (χ1v) is 12.5. The zero-order chi connectivity index (χ0) is 26.5. The molecule has 0 spiro atoms. The molecule has 0 N–H and O–H groups in total. The number of rotatable bonds is 8. The van der Waals surface area contributed by atoms with E-state index in [2.05, 4.69) is 0 Å². The van der Waals surface area contributed by atoms with Crippen molar-refractivity contribution in [1.29, 1.82) is 0 Å². The van der Waals surface area contributed by atoms with E-state index in [9.17, 15) is 14.7 Å². The summed E-state index contributed by atoms with van der Waals surface area (Å²) in [5.41, 5.74) is 4.11. The number of benzene rings is 4. The average molecular weight is 546 g/mol. The maximum absolute atomic E-state index is 14.1. The Kier molecular flexibility index (Phi) is 9.99. The van der Waals surface area contributed by atoms with Gasteiger partial charge in [0.15, 0.2) is 11.5 Å². The Hall–Kier alpha value is -2.94. The van der Waals surface area contributed by atoms with Gasteiger partial charge in [-0.1, -0.05) is 97.1 Å². The molecule has 1 atom stereocenters. The summed E-state index contributed by atoms with van der Waals surface area (Å²) in [4.78, 5) is 28.0. The molecule has 1 aliphatic rings. The van der Waals surface area contributed by atoms with Gasteiger partial charge >= 0.3 is 51.4 Å². The number of carbonyl (C=O) groups is 2. The molecule has 5 rings (SSSR count). The monoisotopic (exact) mass is 545 g/mol. The summed E-state index contributed by atoms with van der Waals surface area (Å²) < 4.78 is 11.7.